The first-order chi connectivity index (χ1) is 8.53. The Morgan fingerprint density at radius 1 is 1.67 bits per heavy atom. The molecule has 1 aromatic rings. The van der Waals surface area contributed by atoms with Crippen LogP contribution in [0, 0.1) is 0 Å². The van der Waals surface area contributed by atoms with Crippen molar-refractivity contribution in [3.05, 3.63) is 28.5 Å². The van der Waals surface area contributed by atoms with Crippen molar-refractivity contribution in [3.8, 4) is 0 Å². The summed E-state index contributed by atoms with van der Waals surface area (Å²) < 4.78 is 0. The standard InChI is InChI=1S/C13H19NO2S2/c1-13(16,6-8-17-2)10-14-12(15)4-3-11-5-7-18-9-11/h3-5,7,9,16H,6,8,10H2,1-2H3,(H,14,15). The molecule has 1 heterocycles. The Bertz CT molecular complexity index is 386. The summed E-state index contributed by atoms with van der Waals surface area (Å²) in [6.45, 7) is 2.02. The molecule has 0 aliphatic heterocycles. The van der Waals surface area contributed by atoms with Gasteiger partial charge in [0.15, 0.2) is 0 Å². The molecule has 0 saturated carbocycles. The van der Waals surface area contributed by atoms with E-state index in [4.69, 9.17) is 0 Å². The lowest BCUT2D eigenvalue weighted by molar-refractivity contribution is -0.117. The fourth-order valence-corrected chi connectivity index (χ4v) is 2.56. The van der Waals surface area contributed by atoms with Crippen LogP contribution >= 0.6 is 23.1 Å². The normalized spacial score (nSPS) is 14.6. The van der Waals surface area contributed by atoms with Gasteiger partial charge in [-0.15, -0.1) is 0 Å². The first kappa shape index (κ1) is 15.3. The van der Waals surface area contributed by atoms with Crippen LogP contribution in [-0.4, -0.2) is 35.2 Å². The largest absolute Gasteiger partial charge is 0.388 e. The maximum absolute atomic E-state index is 11.5. The summed E-state index contributed by atoms with van der Waals surface area (Å²) in [5, 5.41) is 16.6. The average Bonchev–Trinajstić information content (AvgIpc) is 2.84. The number of rotatable bonds is 7. The Morgan fingerprint density at radius 2 is 2.44 bits per heavy atom. The van der Waals surface area contributed by atoms with Crippen molar-refractivity contribution >= 4 is 35.1 Å². The molecular weight excluding hydrogens is 266 g/mol. The molecule has 0 fully saturated rings. The second-order valence-electron chi connectivity index (χ2n) is 4.35. The number of thiophene rings is 1. The average molecular weight is 285 g/mol. The first-order valence-electron chi connectivity index (χ1n) is 5.73. The highest BCUT2D eigenvalue weighted by Crippen LogP contribution is 2.11. The van der Waals surface area contributed by atoms with Crippen molar-refractivity contribution in [2.45, 2.75) is 18.9 Å². The second kappa shape index (κ2) is 7.61. The van der Waals surface area contributed by atoms with Gasteiger partial charge in [-0.05, 0) is 53.8 Å². The molecule has 0 radical (unpaired) electrons. The first-order valence-corrected chi connectivity index (χ1v) is 8.06. The Balaban J connectivity index is 2.32. The smallest absolute Gasteiger partial charge is 0.244 e. The number of carbonyl (C=O) groups is 1. The molecule has 1 aromatic heterocycles. The Hall–Kier alpha value is -0.780. The van der Waals surface area contributed by atoms with E-state index in [1.165, 1.54) is 6.08 Å². The quantitative estimate of drug-likeness (QED) is 0.756. The molecule has 1 amide bonds. The van der Waals surface area contributed by atoms with Crippen LogP contribution in [0.4, 0.5) is 0 Å². The van der Waals surface area contributed by atoms with Crippen LogP contribution in [0.3, 0.4) is 0 Å². The summed E-state index contributed by atoms with van der Waals surface area (Å²) in [5.74, 6) is 0.707. The van der Waals surface area contributed by atoms with Crippen molar-refractivity contribution in [1.82, 2.24) is 5.32 Å². The van der Waals surface area contributed by atoms with Gasteiger partial charge in [-0.3, -0.25) is 4.79 Å². The van der Waals surface area contributed by atoms with Crippen LogP contribution in [0.2, 0.25) is 0 Å². The Kier molecular flexibility index (Phi) is 6.46. The monoisotopic (exact) mass is 285 g/mol. The maximum Gasteiger partial charge on any atom is 0.244 e. The second-order valence-corrected chi connectivity index (χ2v) is 6.11. The minimum absolute atomic E-state index is 0.175. The minimum Gasteiger partial charge on any atom is -0.388 e. The molecule has 1 rings (SSSR count). The van der Waals surface area contributed by atoms with Crippen molar-refractivity contribution in [3.63, 3.8) is 0 Å². The number of nitrogens with one attached hydrogen (secondary N) is 1. The van der Waals surface area contributed by atoms with Gasteiger partial charge in [-0.25, -0.2) is 0 Å². The molecule has 0 saturated heterocycles. The van der Waals surface area contributed by atoms with Gasteiger partial charge in [0.25, 0.3) is 0 Å². The molecule has 18 heavy (non-hydrogen) atoms. The van der Waals surface area contributed by atoms with Gasteiger partial charge in [-0.1, -0.05) is 0 Å². The van der Waals surface area contributed by atoms with Gasteiger partial charge in [0.2, 0.25) is 5.91 Å². The summed E-state index contributed by atoms with van der Waals surface area (Å²) >= 11 is 3.28. The molecule has 0 spiro atoms. The van der Waals surface area contributed by atoms with E-state index in [1.807, 2.05) is 23.1 Å². The molecule has 100 valence electrons. The van der Waals surface area contributed by atoms with Crippen LogP contribution < -0.4 is 5.32 Å². The lowest BCUT2D eigenvalue weighted by atomic mass is 10.0. The summed E-state index contributed by atoms with van der Waals surface area (Å²) in [5.41, 5.74) is 0.179. The van der Waals surface area contributed by atoms with Gasteiger partial charge in [0.05, 0.1) is 5.60 Å². The van der Waals surface area contributed by atoms with Crippen molar-refractivity contribution in [1.29, 1.82) is 0 Å². The zero-order valence-electron chi connectivity index (χ0n) is 10.7. The van der Waals surface area contributed by atoms with Crippen LogP contribution in [0.1, 0.15) is 18.9 Å². The summed E-state index contributed by atoms with van der Waals surface area (Å²) in [7, 11) is 0. The van der Waals surface area contributed by atoms with E-state index in [2.05, 4.69) is 5.32 Å². The van der Waals surface area contributed by atoms with Crippen molar-refractivity contribution < 1.29 is 9.90 Å². The third kappa shape index (κ3) is 6.23. The maximum atomic E-state index is 11.5. The lowest BCUT2D eigenvalue weighted by Crippen LogP contribution is -2.40. The van der Waals surface area contributed by atoms with E-state index in [9.17, 15) is 9.90 Å². The molecular formula is C13H19NO2S2. The number of hydrogen-bond acceptors (Lipinski definition) is 4. The lowest BCUT2D eigenvalue weighted by Gasteiger charge is -2.22. The van der Waals surface area contributed by atoms with Crippen molar-refractivity contribution in [2.75, 3.05) is 18.6 Å². The van der Waals surface area contributed by atoms with Crippen LogP contribution in [0.5, 0.6) is 0 Å². The predicted octanol–water partition coefficient (Wildman–Crippen LogP) is 2.38. The molecule has 1 unspecified atom stereocenters. The van der Waals surface area contributed by atoms with E-state index >= 15 is 0 Å². The number of carbonyl (C=O) groups excluding carboxylic acids is 1. The summed E-state index contributed by atoms with van der Waals surface area (Å²) in [6.07, 6.45) is 5.93. The van der Waals surface area contributed by atoms with Crippen LogP contribution in [0.15, 0.2) is 22.9 Å². The van der Waals surface area contributed by atoms with Gasteiger partial charge < -0.3 is 10.4 Å². The third-order valence-electron chi connectivity index (χ3n) is 2.46. The highest BCUT2D eigenvalue weighted by atomic mass is 32.2. The van der Waals surface area contributed by atoms with Crippen molar-refractivity contribution in [2.24, 2.45) is 0 Å². The topological polar surface area (TPSA) is 49.3 Å². The zero-order chi connectivity index (χ0) is 13.4. The SMILES string of the molecule is CSCCC(C)(O)CNC(=O)C=Cc1ccsc1. The Labute approximate surface area is 116 Å². The number of hydrogen-bond donors (Lipinski definition) is 2. The zero-order valence-corrected chi connectivity index (χ0v) is 12.3. The molecule has 2 N–H and O–H groups in total. The predicted molar refractivity (Wildman–Crippen MR) is 80.0 cm³/mol. The molecule has 0 bridgehead atoms. The van der Waals surface area contributed by atoms with E-state index in [1.54, 1.807) is 36.1 Å². The molecule has 5 heteroatoms. The van der Waals surface area contributed by atoms with Gasteiger partial charge in [0, 0.05) is 12.6 Å². The van der Waals surface area contributed by atoms with Gasteiger partial charge >= 0.3 is 0 Å². The van der Waals surface area contributed by atoms with E-state index < -0.39 is 5.60 Å². The number of amides is 1. The highest BCUT2D eigenvalue weighted by molar-refractivity contribution is 7.98. The van der Waals surface area contributed by atoms with Crippen LogP contribution in [0.25, 0.3) is 6.08 Å². The van der Waals surface area contributed by atoms with E-state index in [0.717, 1.165) is 11.3 Å². The van der Waals surface area contributed by atoms with E-state index in [-0.39, 0.29) is 12.5 Å². The molecule has 0 aliphatic rings. The third-order valence-corrected chi connectivity index (χ3v) is 3.77. The molecule has 1 atom stereocenters. The fraction of sp³-hybridized carbons (Fsp3) is 0.462. The summed E-state index contributed by atoms with van der Waals surface area (Å²) in [4.78, 5) is 11.5. The number of thioether (sulfide) groups is 1. The fourth-order valence-electron chi connectivity index (χ4n) is 1.29. The van der Waals surface area contributed by atoms with Gasteiger partial charge in [-0.2, -0.15) is 23.1 Å². The molecule has 3 nitrogen and oxygen atoms in total. The molecule has 0 aromatic carbocycles. The highest BCUT2D eigenvalue weighted by Gasteiger charge is 2.19. The minimum atomic E-state index is -0.838. The Morgan fingerprint density at radius 3 is 3.06 bits per heavy atom. The number of aliphatic hydroxyl groups is 1. The molecule has 0 aliphatic carbocycles. The van der Waals surface area contributed by atoms with Gasteiger partial charge in [0.1, 0.15) is 0 Å². The van der Waals surface area contributed by atoms with Crippen LogP contribution in [-0.2, 0) is 4.79 Å². The summed E-state index contributed by atoms with van der Waals surface area (Å²) in [6, 6.07) is 1.95. The van der Waals surface area contributed by atoms with E-state index in [0.29, 0.717) is 6.42 Å².